The van der Waals surface area contributed by atoms with E-state index in [0.29, 0.717) is 5.41 Å². The SMILES string of the molecule is COCCOC/C(=C/S(=O)(=O)c1ccc([N+](=O)[O-])cc1)C(=O)O. The zero-order valence-electron chi connectivity index (χ0n) is 12.2. The van der Waals surface area contributed by atoms with Gasteiger partial charge in [-0.25, -0.2) is 13.2 Å². The number of sulfone groups is 1. The summed E-state index contributed by atoms with van der Waals surface area (Å²) in [6, 6.07) is 4.12. The van der Waals surface area contributed by atoms with Crippen molar-refractivity contribution < 1.29 is 32.7 Å². The van der Waals surface area contributed by atoms with Crippen LogP contribution in [0.3, 0.4) is 0 Å². The monoisotopic (exact) mass is 345 g/mol. The lowest BCUT2D eigenvalue weighted by Gasteiger charge is -2.05. The summed E-state index contributed by atoms with van der Waals surface area (Å²) in [5.41, 5.74) is -0.728. The molecule has 9 nitrogen and oxygen atoms in total. The smallest absolute Gasteiger partial charge is 0.334 e. The molecular formula is C13H15NO8S. The number of rotatable bonds is 9. The molecule has 126 valence electrons. The van der Waals surface area contributed by atoms with Crippen molar-refractivity contribution in [1.29, 1.82) is 0 Å². The maximum Gasteiger partial charge on any atom is 0.334 e. The average Bonchev–Trinajstić information content (AvgIpc) is 2.50. The first-order chi connectivity index (χ1) is 10.8. The molecule has 10 heteroatoms. The molecule has 23 heavy (non-hydrogen) atoms. The molecular weight excluding hydrogens is 330 g/mol. The van der Waals surface area contributed by atoms with Crippen molar-refractivity contribution in [1.82, 2.24) is 0 Å². The predicted octanol–water partition coefficient (Wildman–Crippen LogP) is 1.00. The van der Waals surface area contributed by atoms with Gasteiger partial charge in [-0.1, -0.05) is 0 Å². The van der Waals surface area contributed by atoms with E-state index in [1.54, 1.807) is 0 Å². The minimum Gasteiger partial charge on any atom is -0.478 e. The van der Waals surface area contributed by atoms with Crippen molar-refractivity contribution in [2.45, 2.75) is 4.90 Å². The van der Waals surface area contributed by atoms with Crippen molar-refractivity contribution in [3.05, 3.63) is 45.4 Å². The minimum absolute atomic E-state index is 0.110. The first kappa shape index (κ1) is 18.7. The van der Waals surface area contributed by atoms with Crippen LogP contribution in [-0.4, -0.2) is 51.3 Å². The van der Waals surface area contributed by atoms with Crippen LogP contribution in [0.25, 0.3) is 0 Å². The molecule has 0 bridgehead atoms. The van der Waals surface area contributed by atoms with E-state index in [9.17, 15) is 23.3 Å². The normalized spacial score (nSPS) is 12.1. The Bertz CT molecular complexity index is 693. The van der Waals surface area contributed by atoms with E-state index in [4.69, 9.17) is 14.6 Å². The van der Waals surface area contributed by atoms with Gasteiger partial charge in [0, 0.05) is 24.7 Å². The van der Waals surface area contributed by atoms with Gasteiger partial charge in [0.15, 0.2) is 9.84 Å². The summed E-state index contributed by atoms with van der Waals surface area (Å²) in [4.78, 5) is 20.7. The quantitative estimate of drug-likeness (QED) is 0.303. The highest BCUT2D eigenvalue weighted by molar-refractivity contribution is 7.94. The number of hydrogen-bond acceptors (Lipinski definition) is 7. The van der Waals surface area contributed by atoms with Crippen LogP contribution in [0.2, 0.25) is 0 Å². The summed E-state index contributed by atoms with van der Waals surface area (Å²) in [6.45, 7) is -0.0639. The first-order valence-electron chi connectivity index (χ1n) is 6.28. The van der Waals surface area contributed by atoms with E-state index in [1.165, 1.54) is 7.11 Å². The lowest BCUT2D eigenvalue weighted by Crippen LogP contribution is -2.13. The Balaban J connectivity index is 2.98. The second-order valence-corrected chi connectivity index (χ2v) is 6.09. The molecule has 0 aliphatic rings. The highest BCUT2D eigenvalue weighted by atomic mass is 32.2. The van der Waals surface area contributed by atoms with E-state index in [2.05, 4.69) is 0 Å². The molecule has 0 unspecified atom stereocenters. The molecule has 0 fully saturated rings. The van der Waals surface area contributed by atoms with Crippen LogP contribution in [-0.2, 0) is 24.1 Å². The fourth-order valence-electron chi connectivity index (χ4n) is 1.48. The third kappa shape index (κ3) is 5.77. The standard InChI is InChI=1S/C13H15NO8S/c1-21-6-7-22-8-10(13(15)16)9-23(19,20)12-4-2-11(3-5-12)14(17)18/h2-5,9H,6-8H2,1H3,(H,15,16)/b10-9-. The maximum absolute atomic E-state index is 12.1. The second-order valence-electron chi connectivity index (χ2n) is 4.29. The summed E-state index contributed by atoms with van der Waals surface area (Å²) in [5, 5.41) is 20.1. The number of methoxy groups -OCH3 is 1. The maximum atomic E-state index is 12.1. The molecule has 0 spiro atoms. The molecule has 1 N–H and O–H groups in total. The van der Waals surface area contributed by atoms with Gasteiger partial charge in [0.2, 0.25) is 0 Å². The zero-order chi connectivity index (χ0) is 17.5. The highest BCUT2D eigenvalue weighted by Crippen LogP contribution is 2.18. The van der Waals surface area contributed by atoms with Crippen LogP contribution in [0.5, 0.6) is 0 Å². The van der Waals surface area contributed by atoms with Crippen LogP contribution in [0.1, 0.15) is 0 Å². The lowest BCUT2D eigenvalue weighted by molar-refractivity contribution is -0.384. The Labute approximate surface area is 132 Å². The third-order valence-electron chi connectivity index (χ3n) is 2.64. The van der Waals surface area contributed by atoms with E-state index >= 15 is 0 Å². The molecule has 1 aromatic rings. The Kier molecular flexibility index (Phi) is 6.82. The predicted molar refractivity (Wildman–Crippen MR) is 78.7 cm³/mol. The molecule has 0 aliphatic heterocycles. The molecule has 0 saturated carbocycles. The van der Waals surface area contributed by atoms with Gasteiger partial charge >= 0.3 is 5.97 Å². The number of hydrogen-bond donors (Lipinski definition) is 1. The van der Waals surface area contributed by atoms with Crippen LogP contribution < -0.4 is 0 Å². The number of carboxylic acids is 1. The van der Waals surface area contributed by atoms with Gasteiger partial charge in [-0.3, -0.25) is 10.1 Å². The fraction of sp³-hybridized carbons (Fsp3) is 0.308. The number of carbonyl (C=O) groups is 1. The summed E-state index contributed by atoms with van der Waals surface area (Å²) >= 11 is 0. The molecule has 0 aliphatic carbocycles. The fourth-order valence-corrected chi connectivity index (χ4v) is 2.68. The molecule has 0 saturated heterocycles. The number of nitrogens with zero attached hydrogens (tertiary/aromatic N) is 1. The van der Waals surface area contributed by atoms with Gasteiger partial charge in [-0.15, -0.1) is 0 Å². The van der Waals surface area contributed by atoms with Crippen molar-refractivity contribution in [3.8, 4) is 0 Å². The summed E-state index contributed by atoms with van der Waals surface area (Å²) < 4.78 is 34.0. The highest BCUT2D eigenvalue weighted by Gasteiger charge is 2.18. The van der Waals surface area contributed by atoms with Crippen LogP contribution in [0.15, 0.2) is 40.1 Å². The van der Waals surface area contributed by atoms with Gasteiger partial charge in [0.25, 0.3) is 5.69 Å². The Hall–Kier alpha value is -2.30. The number of nitro groups is 1. The van der Waals surface area contributed by atoms with Gasteiger partial charge in [-0.05, 0) is 12.1 Å². The van der Waals surface area contributed by atoms with Crippen molar-refractivity contribution in [2.24, 2.45) is 0 Å². The zero-order valence-corrected chi connectivity index (χ0v) is 13.0. The Morgan fingerprint density at radius 2 is 1.91 bits per heavy atom. The number of benzene rings is 1. The van der Waals surface area contributed by atoms with Crippen LogP contribution >= 0.6 is 0 Å². The molecule has 0 amide bonds. The van der Waals surface area contributed by atoms with E-state index in [1.807, 2.05) is 0 Å². The molecule has 1 aromatic carbocycles. The summed E-state index contributed by atoms with van der Waals surface area (Å²) in [5.74, 6) is -1.44. The summed E-state index contributed by atoms with van der Waals surface area (Å²) in [7, 11) is -2.63. The number of carboxylic acid groups (broad SMARTS) is 1. The van der Waals surface area contributed by atoms with Crippen LogP contribution in [0, 0.1) is 10.1 Å². The lowest BCUT2D eigenvalue weighted by atomic mass is 10.3. The Morgan fingerprint density at radius 1 is 1.30 bits per heavy atom. The van der Waals surface area contributed by atoms with Gasteiger partial charge in [0.1, 0.15) is 0 Å². The summed E-state index contributed by atoms with van der Waals surface area (Å²) in [6.07, 6.45) is 0. The number of aliphatic carboxylic acids is 1. The molecule has 0 atom stereocenters. The van der Waals surface area contributed by atoms with E-state index in [0.717, 1.165) is 24.3 Å². The Morgan fingerprint density at radius 3 is 2.39 bits per heavy atom. The van der Waals surface area contributed by atoms with Gasteiger partial charge in [-0.2, -0.15) is 0 Å². The van der Waals surface area contributed by atoms with E-state index < -0.39 is 32.9 Å². The van der Waals surface area contributed by atoms with E-state index in [-0.39, 0.29) is 23.8 Å². The second kappa shape index (κ2) is 8.36. The van der Waals surface area contributed by atoms with Gasteiger partial charge in [0.05, 0.1) is 35.2 Å². The third-order valence-corrected chi connectivity index (χ3v) is 4.16. The molecule has 1 rings (SSSR count). The molecule has 0 radical (unpaired) electrons. The van der Waals surface area contributed by atoms with Crippen molar-refractivity contribution in [2.75, 3.05) is 26.9 Å². The minimum atomic E-state index is -4.07. The topological polar surface area (TPSA) is 133 Å². The number of non-ortho nitro benzene ring substituents is 1. The number of ether oxygens (including phenoxy) is 2. The number of nitro benzene ring substituents is 1. The van der Waals surface area contributed by atoms with Gasteiger partial charge < -0.3 is 14.6 Å². The van der Waals surface area contributed by atoms with Crippen molar-refractivity contribution >= 4 is 21.5 Å². The molecule has 0 heterocycles. The average molecular weight is 345 g/mol. The first-order valence-corrected chi connectivity index (χ1v) is 7.82. The van der Waals surface area contributed by atoms with Crippen molar-refractivity contribution in [3.63, 3.8) is 0 Å². The molecule has 0 aromatic heterocycles. The largest absolute Gasteiger partial charge is 0.478 e. The van der Waals surface area contributed by atoms with Crippen LogP contribution in [0.4, 0.5) is 5.69 Å².